The Morgan fingerprint density at radius 1 is 1.14 bits per heavy atom. The van der Waals surface area contributed by atoms with Gasteiger partial charge in [-0.1, -0.05) is 6.92 Å². The molecule has 0 aromatic carbocycles. The highest BCUT2D eigenvalue weighted by molar-refractivity contribution is 5.95. The summed E-state index contributed by atoms with van der Waals surface area (Å²) in [5.74, 6) is 1.87. The second kappa shape index (κ2) is 8.05. The third-order valence-electron chi connectivity index (χ3n) is 6.67. The van der Waals surface area contributed by atoms with Gasteiger partial charge in [0.05, 0.1) is 36.5 Å². The molecule has 1 unspecified atom stereocenters. The fourth-order valence-electron chi connectivity index (χ4n) is 4.81. The summed E-state index contributed by atoms with van der Waals surface area (Å²) < 4.78 is 5.67. The van der Waals surface area contributed by atoms with Crippen molar-refractivity contribution < 1.29 is 4.74 Å². The molecule has 0 aliphatic carbocycles. The monoisotopic (exact) mass is 396 g/mol. The lowest BCUT2D eigenvalue weighted by atomic mass is 9.98. The highest BCUT2D eigenvalue weighted by Crippen LogP contribution is 2.36. The van der Waals surface area contributed by atoms with Crippen LogP contribution in [0.3, 0.4) is 0 Å². The number of rotatable bonds is 3. The molecule has 0 saturated carbocycles. The number of aromatic nitrogens is 2. The highest BCUT2D eigenvalue weighted by atomic mass is 16.5. The predicted molar refractivity (Wildman–Crippen MR) is 116 cm³/mol. The Balaban J connectivity index is 1.63. The molecule has 2 atom stereocenters. The highest BCUT2D eigenvalue weighted by Gasteiger charge is 2.27. The Labute approximate surface area is 172 Å². The maximum absolute atomic E-state index is 5.67. The average molecular weight is 397 g/mol. The van der Waals surface area contributed by atoms with Gasteiger partial charge >= 0.3 is 0 Å². The summed E-state index contributed by atoms with van der Waals surface area (Å²) in [5.41, 5.74) is 10.0. The second-order valence-electron chi connectivity index (χ2n) is 8.79. The van der Waals surface area contributed by atoms with Gasteiger partial charge in [0.15, 0.2) is 0 Å². The molecular formula is C22H32N6O. The van der Waals surface area contributed by atoms with E-state index in [4.69, 9.17) is 14.7 Å². The summed E-state index contributed by atoms with van der Waals surface area (Å²) in [7, 11) is 0. The van der Waals surface area contributed by atoms with Crippen LogP contribution in [0.2, 0.25) is 0 Å². The van der Waals surface area contributed by atoms with Crippen LogP contribution in [0, 0.1) is 5.92 Å². The van der Waals surface area contributed by atoms with Crippen LogP contribution in [0.4, 0.5) is 11.5 Å². The first kappa shape index (κ1) is 19.0. The quantitative estimate of drug-likeness (QED) is 0.827. The molecule has 0 radical (unpaired) electrons. The summed E-state index contributed by atoms with van der Waals surface area (Å²) in [4.78, 5) is 14.9. The smallest absolute Gasteiger partial charge is 0.131 e. The summed E-state index contributed by atoms with van der Waals surface area (Å²) >= 11 is 0. The zero-order valence-electron chi connectivity index (χ0n) is 17.5. The summed E-state index contributed by atoms with van der Waals surface area (Å²) in [6.07, 6.45) is 5.48. The van der Waals surface area contributed by atoms with Crippen molar-refractivity contribution in [3.63, 3.8) is 0 Å². The molecule has 0 spiro atoms. The molecule has 7 heteroatoms. The SMILES string of the molecule is CC1CCN(c2cc(N3CCOC[C@H]3C)nc3c(C4CCNN4)nccc23)CC1. The second-order valence-corrected chi connectivity index (χ2v) is 8.79. The van der Waals surface area contributed by atoms with Crippen LogP contribution in [-0.2, 0) is 4.74 Å². The van der Waals surface area contributed by atoms with Crippen molar-refractivity contribution >= 4 is 22.4 Å². The first-order chi connectivity index (χ1) is 14.2. The number of hydrogen-bond donors (Lipinski definition) is 2. The zero-order chi connectivity index (χ0) is 19.8. The molecule has 5 rings (SSSR count). The largest absolute Gasteiger partial charge is 0.377 e. The number of hydrazine groups is 1. The molecular weight excluding hydrogens is 364 g/mol. The Morgan fingerprint density at radius 3 is 2.76 bits per heavy atom. The third-order valence-corrected chi connectivity index (χ3v) is 6.67. The topological polar surface area (TPSA) is 65.6 Å². The molecule has 156 valence electrons. The van der Waals surface area contributed by atoms with Gasteiger partial charge in [-0.05, 0) is 38.2 Å². The summed E-state index contributed by atoms with van der Waals surface area (Å²) in [5, 5.41) is 1.22. The van der Waals surface area contributed by atoms with Gasteiger partial charge in [0.1, 0.15) is 5.82 Å². The van der Waals surface area contributed by atoms with E-state index >= 15 is 0 Å². The van der Waals surface area contributed by atoms with Gasteiger partial charge < -0.3 is 14.5 Å². The van der Waals surface area contributed by atoms with E-state index < -0.39 is 0 Å². The van der Waals surface area contributed by atoms with Gasteiger partial charge in [-0.25, -0.2) is 10.4 Å². The summed E-state index contributed by atoms with van der Waals surface area (Å²) in [6, 6.07) is 4.99. The number of hydrogen-bond acceptors (Lipinski definition) is 7. The maximum atomic E-state index is 5.67. The van der Waals surface area contributed by atoms with Crippen molar-refractivity contribution in [3.05, 3.63) is 24.0 Å². The van der Waals surface area contributed by atoms with Gasteiger partial charge in [0.25, 0.3) is 0 Å². The number of ether oxygens (including phenoxy) is 1. The first-order valence-electron chi connectivity index (χ1n) is 11.1. The molecule has 3 fully saturated rings. The Morgan fingerprint density at radius 2 is 2.00 bits per heavy atom. The lowest BCUT2D eigenvalue weighted by Gasteiger charge is -2.37. The van der Waals surface area contributed by atoms with E-state index in [2.05, 4.69) is 46.6 Å². The van der Waals surface area contributed by atoms with Crippen molar-refractivity contribution in [2.75, 3.05) is 49.2 Å². The molecule has 0 bridgehead atoms. The average Bonchev–Trinajstić information content (AvgIpc) is 3.28. The number of morpholine rings is 1. The third kappa shape index (κ3) is 3.67. The Bertz CT molecular complexity index is 860. The van der Waals surface area contributed by atoms with Gasteiger partial charge in [-0.15, -0.1) is 0 Å². The van der Waals surface area contributed by atoms with Crippen LogP contribution in [0.15, 0.2) is 18.3 Å². The van der Waals surface area contributed by atoms with Crippen molar-refractivity contribution in [3.8, 4) is 0 Å². The number of nitrogens with zero attached hydrogens (tertiary/aromatic N) is 4. The van der Waals surface area contributed by atoms with E-state index in [1.807, 2.05) is 6.20 Å². The fourth-order valence-corrected chi connectivity index (χ4v) is 4.81. The minimum atomic E-state index is 0.206. The van der Waals surface area contributed by atoms with E-state index in [1.54, 1.807) is 0 Å². The minimum absolute atomic E-state index is 0.206. The molecule has 5 heterocycles. The lowest BCUT2D eigenvalue weighted by molar-refractivity contribution is 0.0986. The van der Waals surface area contributed by atoms with E-state index in [0.29, 0.717) is 6.04 Å². The minimum Gasteiger partial charge on any atom is -0.377 e. The van der Waals surface area contributed by atoms with Gasteiger partial charge in [-0.2, -0.15) is 0 Å². The first-order valence-corrected chi connectivity index (χ1v) is 11.1. The molecule has 3 aliphatic heterocycles. The van der Waals surface area contributed by atoms with Crippen LogP contribution in [0.1, 0.15) is 44.8 Å². The molecule has 29 heavy (non-hydrogen) atoms. The van der Waals surface area contributed by atoms with Crippen LogP contribution in [0.25, 0.3) is 10.9 Å². The van der Waals surface area contributed by atoms with Crippen molar-refractivity contribution in [2.45, 2.75) is 45.2 Å². The van der Waals surface area contributed by atoms with Crippen molar-refractivity contribution in [2.24, 2.45) is 5.92 Å². The molecule has 3 saturated heterocycles. The van der Waals surface area contributed by atoms with E-state index in [0.717, 1.165) is 68.8 Å². The molecule has 2 aromatic heterocycles. The van der Waals surface area contributed by atoms with Crippen LogP contribution in [0.5, 0.6) is 0 Å². The molecule has 3 aliphatic rings. The standard InChI is InChI=1S/C22H32N6O/c1-15-5-9-27(10-6-15)19-13-20(28-11-12-29-14-16(28)2)25-21-17(19)3-7-23-22(21)18-4-8-24-26-18/h3,7,13,15-16,18,24,26H,4-6,8-12,14H2,1-2H3/t16-,18?/m1/s1. The normalized spacial score (nSPS) is 26.4. The number of piperidine rings is 1. The van der Waals surface area contributed by atoms with Gasteiger partial charge in [-0.3, -0.25) is 10.4 Å². The van der Waals surface area contributed by atoms with Crippen LogP contribution >= 0.6 is 0 Å². The number of pyridine rings is 2. The number of nitrogens with one attached hydrogen (secondary N) is 2. The lowest BCUT2D eigenvalue weighted by Crippen LogP contribution is -2.44. The Hall–Kier alpha value is -1.96. The van der Waals surface area contributed by atoms with Crippen LogP contribution < -0.4 is 20.7 Å². The predicted octanol–water partition coefficient (Wildman–Crippen LogP) is 2.63. The number of anilines is 2. The number of fused-ring (bicyclic) bond motifs is 1. The summed E-state index contributed by atoms with van der Waals surface area (Å²) in [6.45, 7) is 10.2. The molecule has 0 amide bonds. The van der Waals surface area contributed by atoms with E-state index in [9.17, 15) is 0 Å². The van der Waals surface area contributed by atoms with E-state index in [1.165, 1.54) is 23.9 Å². The van der Waals surface area contributed by atoms with Gasteiger partial charge in [0.2, 0.25) is 0 Å². The van der Waals surface area contributed by atoms with Crippen molar-refractivity contribution in [1.82, 2.24) is 20.8 Å². The molecule has 7 nitrogen and oxygen atoms in total. The molecule has 2 N–H and O–H groups in total. The maximum Gasteiger partial charge on any atom is 0.131 e. The molecule has 2 aromatic rings. The van der Waals surface area contributed by atoms with Gasteiger partial charge in [0, 0.05) is 49.5 Å². The zero-order valence-corrected chi connectivity index (χ0v) is 17.5. The Kier molecular flexibility index (Phi) is 5.28. The fraction of sp³-hybridized carbons (Fsp3) is 0.636. The van der Waals surface area contributed by atoms with Crippen molar-refractivity contribution in [1.29, 1.82) is 0 Å². The van der Waals surface area contributed by atoms with Crippen LogP contribution in [-0.4, -0.2) is 55.4 Å². The van der Waals surface area contributed by atoms with E-state index in [-0.39, 0.29) is 6.04 Å².